The van der Waals surface area contributed by atoms with Gasteiger partial charge < -0.3 is 9.71 Å². The van der Waals surface area contributed by atoms with E-state index in [4.69, 9.17) is 0 Å². The van der Waals surface area contributed by atoms with Crippen LogP contribution in [-0.2, 0) is 16.2 Å². The smallest absolute Gasteiger partial charge is 0.343 e. The van der Waals surface area contributed by atoms with Crippen LogP contribution in [0.4, 0.5) is 28.4 Å². The molecule has 0 spiro atoms. The molecule has 4 heteroatoms. The summed E-state index contributed by atoms with van der Waals surface area (Å²) in [5.74, 6) is 5.38. The summed E-state index contributed by atoms with van der Waals surface area (Å²) < 4.78 is 2.77. The van der Waals surface area contributed by atoms with Gasteiger partial charge in [-0.25, -0.2) is 0 Å². The number of anilines is 5. The Morgan fingerprint density at radius 1 is 0.474 bits per heavy atom. The largest absolute Gasteiger partial charge is 0.376 e. The zero-order valence-corrected chi connectivity index (χ0v) is 45.3. The Kier molecular flexibility index (Phi) is 9.48. The summed E-state index contributed by atoms with van der Waals surface area (Å²) in [6.45, 7) is 7.03. The topological polar surface area (TPSA) is 6.48 Å². The van der Waals surface area contributed by atoms with Crippen molar-refractivity contribution in [3.63, 3.8) is 0 Å². The zero-order valence-electron chi connectivity index (χ0n) is 44.5. The number of thiophene rings is 1. The van der Waals surface area contributed by atoms with Gasteiger partial charge >= 0.3 is 6.85 Å². The molecule has 3 heterocycles. The van der Waals surface area contributed by atoms with E-state index in [9.17, 15) is 0 Å². The second kappa shape index (κ2) is 16.1. The first-order chi connectivity index (χ1) is 37.1. The van der Waals surface area contributed by atoms with Crippen LogP contribution in [0.15, 0.2) is 170 Å². The second-order valence-electron chi connectivity index (χ2n) is 26.9. The van der Waals surface area contributed by atoms with E-state index in [1.54, 1.807) is 11.1 Å². The minimum absolute atomic E-state index is 0.0261. The number of nitrogens with zero attached hydrogens (tertiary/aromatic N) is 2. The summed E-state index contributed by atoms with van der Waals surface area (Å²) in [5.41, 5.74) is 21.0. The molecule has 2 aliphatic heterocycles. The molecule has 8 fully saturated rings. The molecule has 0 atom stereocenters. The minimum Gasteiger partial charge on any atom is -0.376 e. The average Bonchev–Trinajstić information content (AvgIpc) is 3.92. The molecule has 9 aromatic rings. The van der Waals surface area contributed by atoms with E-state index in [1.165, 1.54) is 176 Å². The monoisotopic (exact) mass is 1000 g/mol. The standard InChI is InChI=1S/C72H67BN2S/c1-70(2,3)55-21-25-62(59(36-55)51-14-8-5-9-15-51)74-64-35-53(50-12-6-4-7-13-50)34-61-60-37-56(72-41-47-31-48(42-72)33-49(32-47)43-72)22-26-63(60)75(57-23-19-54(20-24-57)71-38-44-28-45(39-71)30-46(29-44)40-71)73(67(61)64)69-68(74)66-58-17-11-10-16-52(58)18-27-65(66)76-69/h4-27,34-37,44-49H,28-33,38-43H2,1-3H3. The average molecular weight is 1000 g/mol. The Morgan fingerprint density at radius 3 is 1.70 bits per heavy atom. The Labute approximate surface area is 454 Å². The third-order valence-corrected chi connectivity index (χ3v) is 22.5. The van der Waals surface area contributed by atoms with Crippen molar-refractivity contribution in [2.75, 3.05) is 9.71 Å². The van der Waals surface area contributed by atoms with Gasteiger partial charge in [-0.3, -0.25) is 0 Å². The van der Waals surface area contributed by atoms with E-state index >= 15 is 0 Å². The van der Waals surface area contributed by atoms with E-state index in [2.05, 4.69) is 200 Å². The van der Waals surface area contributed by atoms with Crippen LogP contribution in [0.3, 0.4) is 0 Å². The second-order valence-corrected chi connectivity index (χ2v) is 28.0. The quantitative estimate of drug-likeness (QED) is 0.153. The van der Waals surface area contributed by atoms with Crippen molar-refractivity contribution < 1.29 is 0 Å². The van der Waals surface area contributed by atoms with Crippen LogP contribution in [0.2, 0.25) is 0 Å². The van der Waals surface area contributed by atoms with E-state index in [1.807, 2.05) is 11.3 Å². The first-order valence-electron chi connectivity index (χ1n) is 29.3. The summed E-state index contributed by atoms with van der Waals surface area (Å²) in [6.07, 6.45) is 17.0. The van der Waals surface area contributed by atoms with Gasteiger partial charge in [0, 0.05) is 43.1 Å². The van der Waals surface area contributed by atoms with E-state index in [0.29, 0.717) is 5.41 Å². The molecular weight excluding hydrogens is 936 g/mol. The zero-order chi connectivity index (χ0) is 50.2. The Balaban J connectivity index is 0.967. The molecule has 8 aliphatic carbocycles. The van der Waals surface area contributed by atoms with E-state index in [0.717, 1.165) is 35.5 Å². The fourth-order valence-corrected chi connectivity index (χ4v) is 20.1. The van der Waals surface area contributed by atoms with Gasteiger partial charge in [0.2, 0.25) is 0 Å². The number of benzene rings is 8. The SMILES string of the molecule is CC(C)(C)c1ccc(N2c3cc(-c4ccccc4)cc4c3B(c3sc5ccc6ccccc6c5c32)N(c2ccc(C35CC6CC(CC(C6)C3)C5)cc2)c2ccc(C35CC6CC(CC(C6)C3)C5)cc2-4)c(-c2ccccc2)c1. The highest BCUT2D eigenvalue weighted by Crippen LogP contribution is 2.63. The highest BCUT2D eigenvalue weighted by atomic mass is 32.1. The lowest BCUT2D eigenvalue weighted by molar-refractivity contribution is -0.00528. The maximum absolute atomic E-state index is 2.84. The molecule has 0 saturated heterocycles. The first-order valence-corrected chi connectivity index (χ1v) is 30.2. The molecule has 2 nitrogen and oxygen atoms in total. The van der Waals surface area contributed by atoms with Gasteiger partial charge in [0.15, 0.2) is 0 Å². The lowest BCUT2D eigenvalue weighted by atomic mass is 9.45. The predicted molar refractivity (Wildman–Crippen MR) is 322 cm³/mol. The fraction of sp³-hybridized carbons (Fsp3) is 0.333. The van der Waals surface area contributed by atoms with Crippen LogP contribution in [0.5, 0.6) is 0 Å². The molecule has 8 bridgehead atoms. The van der Waals surface area contributed by atoms with Gasteiger partial charge in [-0.15, -0.1) is 11.3 Å². The van der Waals surface area contributed by atoms with Crippen molar-refractivity contribution >= 4 is 77.7 Å². The number of hydrogen-bond donors (Lipinski definition) is 0. The van der Waals surface area contributed by atoms with Gasteiger partial charge in [-0.1, -0.05) is 136 Å². The molecule has 0 N–H and O–H groups in total. The molecule has 8 saturated carbocycles. The number of hydrogen-bond acceptors (Lipinski definition) is 3. The molecule has 19 rings (SSSR count). The Hall–Kier alpha value is -6.36. The third kappa shape index (κ3) is 6.58. The van der Waals surface area contributed by atoms with Crippen molar-refractivity contribution in [2.45, 2.75) is 114 Å². The van der Waals surface area contributed by atoms with E-state index in [-0.39, 0.29) is 17.7 Å². The molecule has 0 unspecified atom stereocenters. The molecular formula is C72H67BN2S. The molecule has 8 aromatic carbocycles. The maximum atomic E-state index is 2.84. The van der Waals surface area contributed by atoms with Crippen molar-refractivity contribution in [1.82, 2.24) is 0 Å². The molecule has 374 valence electrons. The Morgan fingerprint density at radius 2 is 1.05 bits per heavy atom. The van der Waals surface area contributed by atoms with Crippen LogP contribution in [-0.4, -0.2) is 6.85 Å². The third-order valence-electron chi connectivity index (χ3n) is 21.3. The lowest BCUT2D eigenvalue weighted by Crippen LogP contribution is -2.60. The van der Waals surface area contributed by atoms with Crippen molar-refractivity contribution in [1.29, 1.82) is 0 Å². The van der Waals surface area contributed by atoms with Gasteiger partial charge in [0.1, 0.15) is 0 Å². The normalized spacial score (nSPS) is 27.3. The van der Waals surface area contributed by atoms with Crippen LogP contribution in [0, 0.1) is 35.5 Å². The molecule has 10 aliphatic rings. The van der Waals surface area contributed by atoms with Crippen LogP contribution >= 0.6 is 11.3 Å². The van der Waals surface area contributed by atoms with Crippen molar-refractivity contribution in [3.05, 3.63) is 187 Å². The fourth-order valence-electron chi connectivity index (χ4n) is 18.8. The first kappa shape index (κ1) is 44.7. The van der Waals surface area contributed by atoms with Gasteiger partial charge in [-0.05, 0) is 239 Å². The summed E-state index contributed by atoms with van der Waals surface area (Å²) in [6, 6.07) is 67.5. The number of fused-ring (bicyclic) bond motifs is 8. The lowest BCUT2D eigenvalue weighted by Gasteiger charge is -2.57. The maximum Gasteiger partial charge on any atom is 0.343 e. The highest BCUT2D eigenvalue weighted by Gasteiger charge is 2.54. The molecule has 0 amide bonds. The van der Waals surface area contributed by atoms with Crippen molar-refractivity contribution in [3.8, 4) is 33.4 Å². The minimum atomic E-state index is -0.0467. The summed E-state index contributed by atoms with van der Waals surface area (Å²) in [5, 5.41) is 3.96. The van der Waals surface area contributed by atoms with Gasteiger partial charge in [0.05, 0.1) is 11.4 Å². The molecule has 76 heavy (non-hydrogen) atoms. The number of rotatable bonds is 6. The van der Waals surface area contributed by atoms with E-state index < -0.39 is 0 Å². The molecule has 1 aromatic heterocycles. The van der Waals surface area contributed by atoms with Gasteiger partial charge in [0.25, 0.3) is 0 Å². The van der Waals surface area contributed by atoms with Gasteiger partial charge in [-0.2, -0.15) is 0 Å². The van der Waals surface area contributed by atoms with Crippen molar-refractivity contribution in [2.24, 2.45) is 35.5 Å². The Bertz CT molecular complexity index is 3770. The summed E-state index contributed by atoms with van der Waals surface area (Å²) in [4.78, 5) is 5.60. The molecule has 0 radical (unpaired) electrons. The highest BCUT2D eigenvalue weighted by molar-refractivity contribution is 7.32. The summed E-state index contributed by atoms with van der Waals surface area (Å²) in [7, 11) is 0. The summed E-state index contributed by atoms with van der Waals surface area (Å²) >= 11 is 2.03. The van der Waals surface area contributed by atoms with Crippen LogP contribution in [0.25, 0.3) is 54.2 Å². The predicted octanol–water partition coefficient (Wildman–Crippen LogP) is 18.3. The van der Waals surface area contributed by atoms with Crippen LogP contribution < -0.4 is 20.0 Å². The van der Waals surface area contributed by atoms with Crippen LogP contribution in [0.1, 0.15) is 115 Å².